The molecule has 0 aromatic rings. The van der Waals surface area contributed by atoms with Crippen LogP contribution >= 0.6 is 12.2 Å². The van der Waals surface area contributed by atoms with E-state index in [1.165, 1.54) is 0 Å². The van der Waals surface area contributed by atoms with E-state index in [-0.39, 0.29) is 0 Å². The summed E-state index contributed by atoms with van der Waals surface area (Å²) >= 11 is 4.66. The van der Waals surface area contributed by atoms with Crippen LogP contribution in [0.5, 0.6) is 0 Å². The molecular weight excluding hydrogens is 116 g/mol. The van der Waals surface area contributed by atoms with E-state index in [4.69, 9.17) is 0 Å². The van der Waals surface area contributed by atoms with Crippen LogP contribution in [-0.2, 0) is 0 Å². The molecule has 0 aliphatic rings. The maximum atomic E-state index is 4.66. The van der Waals surface area contributed by atoms with Crippen LogP contribution in [0.4, 0.5) is 0 Å². The molecule has 47 valence electrons. The molecule has 0 nitrogen and oxygen atoms in total. The fourth-order valence-corrected chi connectivity index (χ4v) is 0.498. The molecule has 0 aliphatic carbocycles. The van der Waals surface area contributed by atoms with Gasteiger partial charge in [-0.25, -0.2) is 0 Å². The molecule has 0 atom stereocenters. The van der Waals surface area contributed by atoms with Gasteiger partial charge in [0.2, 0.25) is 0 Å². The Morgan fingerprint density at radius 3 is 2.00 bits per heavy atom. The molecule has 0 saturated heterocycles. The van der Waals surface area contributed by atoms with E-state index in [9.17, 15) is 0 Å². The topological polar surface area (TPSA) is 0 Å². The lowest BCUT2D eigenvalue weighted by Crippen LogP contribution is -2.04. The molecule has 0 rings (SSSR count). The highest BCUT2D eigenvalue weighted by Gasteiger charge is 2.07. The third-order valence-electron chi connectivity index (χ3n) is 0.826. The lowest BCUT2D eigenvalue weighted by molar-refractivity contribution is 0.490. The highest BCUT2D eigenvalue weighted by atomic mass is 32.1. The van der Waals surface area contributed by atoms with E-state index < -0.39 is 0 Å². The lowest BCUT2D eigenvalue weighted by Gasteiger charge is -2.14. The van der Waals surface area contributed by atoms with Crippen molar-refractivity contribution in [3.05, 3.63) is 6.42 Å². The van der Waals surface area contributed by atoms with Crippen molar-refractivity contribution in [2.45, 2.75) is 27.2 Å². The Labute approximate surface area is 57.3 Å². The van der Waals surface area contributed by atoms with Crippen molar-refractivity contribution in [1.29, 1.82) is 0 Å². The van der Waals surface area contributed by atoms with Crippen LogP contribution in [0.15, 0.2) is 0 Å². The summed E-state index contributed by atoms with van der Waals surface area (Å²) in [7, 11) is 0. The Bertz CT molecular complexity index is 68.9. The van der Waals surface area contributed by atoms with Crippen LogP contribution < -0.4 is 0 Å². The first kappa shape index (κ1) is 8.09. The maximum absolute atomic E-state index is 4.66. The quantitative estimate of drug-likeness (QED) is 0.516. The molecule has 1 heteroatoms. The largest absolute Gasteiger partial charge is 0.0935 e. The Morgan fingerprint density at radius 2 is 1.88 bits per heavy atom. The van der Waals surface area contributed by atoms with Crippen molar-refractivity contribution < 1.29 is 0 Å². The molecule has 0 saturated carbocycles. The SMILES string of the molecule is CC(C)(C)[CH]CC=S. The van der Waals surface area contributed by atoms with Crippen molar-refractivity contribution in [3.8, 4) is 0 Å². The molecule has 0 aromatic carbocycles. The molecule has 1 radical (unpaired) electrons. The lowest BCUT2D eigenvalue weighted by atomic mass is 9.91. The van der Waals surface area contributed by atoms with Gasteiger partial charge in [0.1, 0.15) is 0 Å². The van der Waals surface area contributed by atoms with Crippen LogP contribution in [0, 0.1) is 11.8 Å². The van der Waals surface area contributed by atoms with E-state index in [0.717, 1.165) is 6.42 Å². The first-order chi connectivity index (χ1) is 3.56. The normalized spacial score (nSPS) is 11.4. The van der Waals surface area contributed by atoms with E-state index in [0.29, 0.717) is 5.41 Å². The van der Waals surface area contributed by atoms with Crippen molar-refractivity contribution in [2.75, 3.05) is 0 Å². The van der Waals surface area contributed by atoms with Gasteiger partial charge in [0.05, 0.1) is 0 Å². The Hall–Kier alpha value is 0.0900. The van der Waals surface area contributed by atoms with Crippen LogP contribution in [0.25, 0.3) is 0 Å². The van der Waals surface area contributed by atoms with E-state index >= 15 is 0 Å². The monoisotopic (exact) mass is 129 g/mol. The molecule has 0 spiro atoms. The van der Waals surface area contributed by atoms with Gasteiger partial charge in [-0.3, -0.25) is 0 Å². The fraction of sp³-hybridized carbons (Fsp3) is 0.714. The van der Waals surface area contributed by atoms with Gasteiger partial charge in [0.15, 0.2) is 0 Å². The Morgan fingerprint density at radius 1 is 1.38 bits per heavy atom. The van der Waals surface area contributed by atoms with Crippen LogP contribution in [0.2, 0.25) is 0 Å². The van der Waals surface area contributed by atoms with Crippen molar-refractivity contribution >= 4 is 17.6 Å². The summed E-state index contributed by atoms with van der Waals surface area (Å²) in [5.74, 6) is 0. The molecular formula is C7H13S. The first-order valence-electron chi connectivity index (χ1n) is 2.84. The third kappa shape index (κ3) is 6.09. The zero-order valence-corrected chi connectivity index (χ0v) is 6.59. The average Bonchev–Trinajstić information content (AvgIpc) is 1.59. The minimum atomic E-state index is 0.329. The molecule has 0 fully saturated rings. The molecule has 0 aliphatic heterocycles. The van der Waals surface area contributed by atoms with E-state index in [1.54, 1.807) is 5.37 Å². The molecule has 8 heavy (non-hydrogen) atoms. The summed E-state index contributed by atoms with van der Waals surface area (Å²) in [5, 5.41) is 1.76. The van der Waals surface area contributed by atoms with E-state index in [1.807, 2.05) is 0 Å². The van der Waals surface area contributed by atoms with Crippen LogP contribution in [0.3, 0.4) is 0 Å². The summed E-state index contributed by atoms with van der Waals surface area (Å²) in [4.78, 5) is 0. The molecule has 0 unspecified atom stereocenters. The number of hydrogen-bond acceptors (Lipinski definition) is 1. The number of rotatable bonds is 2. The molecule has 0 N–H and O–H groups in total. The Balaban J connectivity index is 3.24. The molecule has 0 aromatic heterocycles. The smallest absolute Gasteiger partial charge is 0.0207 e. The standard InChI is InChI=1S/C7H13S/c1-7(2,3)5-4-6-8/h5-6H,4H2,1-3H3. The van der Waals surface area contributed by atoms with E-state index in [2.05, 4.69) is 39.4 Å². The summed E-state index contributed by atoms with van der Waals surface area (Å²) in [6.07, 6.45) is 3.15. The van der Waals surface area contributed by atoms with Gasteiger partial charge in [-0.15, -0.1) is 0 Å². The Kier molecular flexibility index (Phi) is 3.22. The van der Waals surface area contributed by atoms with Gasteiger partial charge in [-0.05, 0) is 23.6 Å². The molecule has 0 heterocycles. The summed E-state index contributed by atoms with van der Waals surface area (Å²) in [6.45, 7) is 6.52. The second-order valence-corrected chi connectivity index (χ2v) is 3.31. The van der Waals surface area contributed by atoms with Crippen molar-refractivity contribution in [1.82, 2.24) is 0 Å². The van der Waals surface area contributed by atoms with Crippen LogP contribution in [0.1, 0.15) is 27.2 Å². The second kappa shape index (κ2) is 3.18. The zero-order valence-electron chi connectivity index (χ0n) is 5.77. The average molecular weight is 129 g/mol. The predicted octanol–water partition coefficient (Wildman–Crippen LogP) is 2.63. The summed E-state index contributed by atoms with van der Waals surface area (Å²) in [5.41, 5.74) is 0.329. The van der Waals surface area contributed by atoms with Gasteiger partial charge in [-0.1, -0.05) is 33.0 Å². The maximum Gasteiger partial charge on any atom is -0.0207 e. The minimum Gasteiger partial charge on any atom is -0.0935 e. The second-order valence-electron chi connectivity index (χ2n) is 2.97. The predicted molar refractivity (Wildman–Crippen MR) is 42.0 cm³/mol. The zero-order chi connectivity index (χ0) is 6.62. The molecule has 0 amide bonds. The van der Waals surface area contributed by atoms with Gasteiger partial charge in [0.25, 0.3) is 0 Å². The van der Waals surface area contributed by atoms with Crippen molar-refractivity contribution in [3.63, 3.8) is 0 Å². The van der Waals surface area contributed by atoms with Crippen LogP contribution in [-0.4, -0.2) is 5.37 Å². The first-order valence-corrected chi connectivity index (χ1v) is 3.31. The summed E-state index contributed by atoms with van der Waals surface area (Å²) in [6, 6.07) is 0. The number of thiocarbonyl (C=S) groups is 1. The van der Waals surface area contributed by atoms with Crippen molar-refractivity contribution in [2.24, 2.45) is 5.41 Å². The fourth-order valence-electron chi connectivity index (χ4n) is 0.402. The van der Waals surface area contributed by atoms with Gasteiger partial charge in [-0.2, -0.15) is 0 Å². The van der Waals surface area contributed by atoms with Gasteiger partial charge >= 0.3 is 0 Å². The third-order valence-corrected chi connectivity index (χ3v) is 1.02. The highest BCUT2D eigenvalue weighted by molar-refractivity contribution is 7.78. The number of hydrogen-bond donors (Lipinski definition) is 0. The summed E-state index contributed by atoms with van der Waals surface area (Å²) < 4.78 is 0. The van der Waals surface area contributed by atoms with Gasteiger partial charge in [0, 0.05) is 0 Å². The minimum absolute atomic E-state index is 0.329. The molecule has 0 bridgehead atoms. The highest BCUT2D eigenvalue weighted by Crippen LogP contribution is 2.17. The van der Waals surface area contributed by atoms with Gasteiger partial charge < -0.3 is 0 Å².